The molecule has 32 heavy (non-hydrogen) atoms. The van der Waals surface area contributed by atoms with Crippen molar-refractivity contribution in [3.8, 4) is 17.5 Å². The van der Waals surface area contributed by atoms with E-state index in [-0.39, 0.29) is 30.5 Å². The number of nitrogens with zero attached hydrogens (tertiary/aromatic N) is 1. The second kappa shape index (κ2) is 9.48. The van der Waals surface area contributed by atoms with E-state index >= 15 is 0 Å². The number of hydrogen-bond donors (Lipinski definition) is 1. The Bertz CT molecular complexity index is 961. The van der Waals surface area contributed by atoms with Gasteiger partial charge in [-0.15, -0.1) is 0 Å². The minimum absolute atomic E-state index is 0.139. The van der Waals surface area contributed by atoms with Gasteiger partial charge in [-0.3, -0.25) is 0 Å². The van der Waals surface area contributed by atoms with Crippen LogP contribution in [0, 0.1) is 0 Å². The highest BCUT2D eigenvalue weighted by Gasteiger charge is 2.52. The standard InChI is InChI=1S/C23H30BNO7/c1-7-28-20-17(21(27)29-8-2)10-12-19(25-20)30-16-9-11-18(15(13-16)14-26)24-31-22(3,4)23(5,6)32-24/h9-13,26H,7-8,14H2,1-6H3. The van der Waals surface area contributed by atoms with Gasteiger partial charge in [0.1, 0.15) is 11.3 Å². The molecule has 9 heteroatoms. The maximum atomic E-state index is 12.1. The van der Waals surface area contributed by atoms with Crippen LogP contribution in [0.25, 0.3) is 0 Å². The van der Waals surface area contributed by atoms with Gasteiger partial charge in [-0.1, -0.05) is 6.07 Å². The van der Waals surface area contributed by atoms with E-state index < -0.39 is 24.3 Å². The van der Waals surface area contributed by atoms with Crippen LogP contribution in [0.2, 0.25) is 0 Å². The normalized spacial score (nSPS) is 16.7. The average molecular weight is 443 g/mol. The second-order valence-corrected chi connectivity index (χ2v) is 8.36. The largest absolute Gasteiger partial charge is 0.495 e. The zero-order valence-corrected chi connectivity index (χ0v) is 19.4. The lowest BCUT2D eigenvalue weighted by molar-refractivity contribution is 0.00578. The van der Waals surface area contributed by atoms with Crippen molar-refractivity contribution < 1.29 is 33.4 Å². The summed E-state index contributed by atoms with van der Waals surface area (Å²) in [5, 5.41) is 9.94. The molecule has 0 spiro atoms. The fourth-order valence-electron chi connectivity index (χ4n) is 3.19. The summed E-state index contributed by atoms with van der Waals surface area (Å²) in [6.07, 6.45) is 0. The lowest BCUT2D eigenvalue weighted by Crippen LogP contribution is -2.41. The molecule has 0 saturated carbocycles. The number of hydrogen-bond acceptors (Lipinski definition) is 8. The molecule has 0 amide bonds. The van der Waals surface area contributed by atoms with Gasteiger partial charge in [0.15, 0.2) is 0 Å². The first-order valence-corrected chi connectivity index (χ1v) is 10.7. The van der Waals surface area contributed by atoms with Gasteiger partial charge in [0.05, 0.1) is 31.0 Å². The number of aromatic nitrogens is 1. The molecule has 0 radical (unpaired) electrons. The summed E-state index contributed by atoms with van der Waals surface area (Å²) in [5.41, 5.74) is 0.612. The van der Waals surface area contributed by atoms with Crippen LogP contribution < -0.4 is 14.9 Å². The highest BCUT2D eigenvalue weighted by atomic mass is 16.7. The van der Waals surface area contributed by atoms with E-state index in [4.69, 9.17) is 23.5 Å². The van der Waals surface area contributed by atoms with Gasteiger partial charge in [-0.05, 0) is 70.8 Å². The first-order valence-electron chi connectivity index (χ1n) is 10.7. The van der Waals surface area contributed by atoms with Crippen LogP contribution in [0.15, 0.2) is 30.3 Å². The Balaban J connectivity index is 1.84. The Hall–Kier alpha value is -2.62. The van der Waals surface area contributed by atoms with Gasteiger partial charge in [-0.2, -0.15) is 4.98 Å². The summed E-state index contributed by atoms with van der Waals surface area (Å²) in [6, 6.07) is 8.38. The monoisotopic (exact) mass is 443 g/mol. The maximum absolute atomic E-state index is 12.1. The van der Waals surface area contributed by atoms with Crippen molar-refractivity contribution in [2.75, 3.05) is 13.2 Å². The van der Waals surface area contributed by atoms with E-state index in [9.17, 15) is 9.90 Å². The number of ether oxygens (including phenoxy) is 3. The number of benzene rings is 1. The number of esters is 1. The Morgan fingerprint density at radius 3 is 2.34 bits per heavy atom. The summed E-state index contributed by atoms with van der Waals surface area (Å²) in [7, 11) is -0.595. The molecule has 0 aliphatic carbocycles. The van der Waals surface area contributed by atoms with Crippen molar-refractivity contribution in [2.45, 2.75) is 59.4 Å². The number of carbonyl (C=O) groups excluding carboxylic acids is 1. The topological polar surface area (TPSA) is 96.3 Å². The average Bonchev–Trinajstić information content (AvgIpc) is 2.95. The number of rotatable bonds is 8. The molecule has 3 rings (SSSR count). The number of pyridine rings is 1. The zero-order chi connectivity index (χ0) is 23.5. The summed E-state index contributed by atoms with van der Waals surface area (Å²) in [5.74, 6) is 0.339. The van der Waals surface area contributed by atoms with Crippen LogP contribution in [0.4, 0.5) is 0 Å². The number of carbonyl (C=O) groups is 1. The molecule has 1 saturated heterocycles. The molecule has 2 heterocycles. The third-order valence-electron chi connectivity index (χ3n) is 5.63. The van der Waals surface area contributed by atoms with Gasteiger partial charge in [-0.25, -0.2) is 4.79 Å². The molecule has 1 aromatic heterocycles. The molecule has 8 nitrogen and oxygen atoms in total. The molecular formula is C23H30BNO7. The van der Waals surface area contributed by atoms with E-state index in [0.717, 1.165) is 5.46 Å². The van der Waals surface area contributed by atoms with Crippen LogP contribution in [0.5, 0.6) is 17.5 Å². The lowest BCUT2D eigenvalue weighted by atomic mass is 9.76. The molecule has 1 fully saturated rings. The fourth-order valence-corrected chi connectivity index (χ4v) is 3.19. The molecule has 1 aromatic carbocycles. The highest BCUT2D eigenvalue weighted by Crippen LogP contribution is 2.37. The quantitative estimate of drug-likeness (QED) is 0.491. The van der Waals surface area contributed by atoms with Crippen molar-refractivity contribution in [2.24, 2.45) is 0 Å². The summed E-state index contributed by atoms with van der Waals surface area (Å²) in [4.78, 5) is 16.4. The smallest absolute Gasteiger partial charge is 0.477 e. The third kappa shape index (κ3) is 4.90. The first-order chi connectivity index (χ1) is 15.1. The summed E-state index contributed by atoms with van der Waals surface area (Å²) in [6.45, 7) is 11.8. The minimum atomic E-state index is -0.595. The van der Waals surface area contributed by atoms with Gasteiger partial charge in [0.25, 0.3) is 0 Å². The van der Waals surface area contributed by atoms with Gasteiger partial charge < -0.3 is 28.6 Å². The Morgan fingerprint density at radius 2 is 1.75 bits per heavy atom. The SMILES string of the molecule is CCOC(=O)c1ccc(Oc2ccc(B3OC(C)(C)C(C)(C)O3)c(CO)c2)nc1OCC. The van der Waals surface area contributed by atoms with Crippen molar-refractivity contribution in [1.82, 2.24) is 4.98 Å². The van der Waals surface area contributed by atoms with Crippen molar-refractivity contribution in [3.63, 3.8) is 0 Å². The third-order valence-corrected chi connectivity index (χ3v) is 5.63. The predicted molar refractivity (Wildman–Crippen MR) is 120 cm³/mol. The molecule has 1 aliphatic rings. The van der Waals surface area contributed by atoms with Gasteiger partial charge >= 0.3 is 13.1 Å². The van der Waals surface area contributed by atoms with Crippen LogP contribution in [0.1, 0.15) is 57.5 Å². The van der Waals surface area contributed by atoms with E-state index in [1.54, 1.807) is 44.2 Å². The molecule has 172 valence electrons. The predicted octanol–water partition coefficient (Wildman–Crippen LogP) is 3.24. The van der Waals surface area contributed by atoms with Crippen LogP contribution >= 0.6 is 0 Å². The second-order valence-electron chi connectivity index (χ2n) is 8.36. The molecule has 0 unspecified atom stereocenters. The first kappa shape index (κ1) is 24.0. The molecule has 1 N–H and O–H groups in total. The number of aliphatic hydroxyl groups excluding tert-OH is 1. The molecular weight excluding hydrogens is 413 g/mol. The van der Waals surface area contributed by atoms with Crippen LogP contribution in [0.3, 0.4) is 0 Å². The van der Waals surface area contributed by atoms with Gasteiger partial charge in [0, 0.05) is 6.07 Å². The zero-order valence-electron chi connectivity index (χ0n) is 19.4. The van der Waals surface area contributed by atoms with Crippen LogP contribution in [-0.2, 0) is 20.7 Å². The van der Waals surface area contributed by atoms with E-state index in [2.05, 4.69) is 4.98 Å². The maximum Gasteiger partial charge on any atom is 0.495 e. The van der Waals surface area contributed by atoms with Crippen LogP contribution in [-0.4, -0.2) is 47.6 Å². The molecule has 0 atom stereocenters. The molecule has 0 bridgehead atoms. The summed E-state index contributed by atoms with van der Waals surface area (Å²) >= 11 is 0. The Labute approximate surface area is 188 Å². The highest BCUT2D eigenvalue weighted by molar-refractivity contribution is 6.62. The minimum Gasteiger partial charge on any atom is -0.477 e. The molecule has 2 aromatic rings. The van der Waals surface area contributed by atoms with Crippen molar-refractivity contribution >= 4 is 18.6 Å². The van der Waals surface area contributed by atoms with E-state index in [0.29, 0.717) is 17.9 Å². The van der Waals surface area contributed by atoms with Crippen molar-refractivity contribution in [1.29, 1.82) is 0 Å². The van der Waals surface area contributed by atoms with Gasteiger partial charge in [0.2, 0.25) is 11.8 Å². The Morgan fingerprint density at radius 1 is 1.06 bits per heavy atom. The van der Waals surface area contributed by atoms with E-state index in [1.165, 1.54) is 0 Å². The van der Waals surface area contributed by atoms with Crippen molar-refractivity contribution in [3.05, 3.63) is 41.5 Å². The number of aliphatic hydroxyl groups is 1. The summed E-state index contributed by atoms with van der Waals surface area (Å²) < 4.78 is 28.6. The van der Waals surface area contributed by atoms with E-state index in [1.807, 2.05) is 27.7 Å². The Kier molecular flexibility index (Phi) is 7.12. The fraction of sp³-hybridized carbons (Fsp3) is 0.478. The molecule has 1 aliphatic heterocycles. The lowest BCUT2D eigenvalue weighted by Gasteiger charge is -2.32.